The molecule has 2 aromatic carbocycles. The van der Waals surface area contributed by atoms with Crippen LogP contribution in [0.15, 0.2) is 58.1 Å². The summed E-state index contributed by atoms with van der Waals surface area (Å²) in [5.74, 6) is -11.2. The van der Waals surface area contributed by atoms with Crippen molar-refractivity contribution in [1.82, 2.24) is 9.80 Å². The molecule has 18 heteroatoms. The van der Waals surface area contributed by atoms with Crippen molar-refractivity contribution in [2.75, 3.05) is 66.2 Å². The second-order valence-electron chi connectivity index (χ2n) is 19.0. The summed E-state index contributed by atoms with van der Waals surface area (Å²) in [6.07, 6.45) is 0.779. The molecular weight excluding hydrogens is 857 g/mol. The molecule has 2 fully saturated rings. The lowest BCUT2D eigenvalue weighted by Gasteiger charge is -2.50. The number of aliphatic hydroxyl groups is 6. The molecule has 0 radical (unpaired) electrons. The van der Waals surface area contributed by atoms with Gasteiger partial charge in [0.05, 0.1) is 23.2 Å². The molecule has 6 aliphatic carbocycles. The van der Waals surface area contributed by atoms with E-state index in [0.717, 1.165) is 25.2 Å². The van der Waals surface area contributed by atoms with Crippen molar-refractivity contribution in [3.8, 4) is 11.5 Å². The van der Waals surface area contributed by atoms with E-state index in [1.807, 2.05) is 38.0 Å². The Bertz CT molecular complexity index is 2510. The van der Waals surface area contributed by atoms with Gasteiger partial charge in [-0.3, -0.25) is 38.6 Å². The van der Waals surface area contributed by atoms with Gasteiger partial charge >= 0.3 is 0 Å². The molecule has 0 saturated heterocycles. The molecule has 2 saturated carbocycles. The molecule has 8 N–H and O–H groups in total. The molecule has 6 aliphatic rings. The Kier molecular flexibility index (Phi) is 11.7. The molecule has 8 rings (SSSR count). The summed E-state index contributed by atoms with van der Waals surface area (Å²) in [7, 11) is 13.7. The molecule has 0 bridgehead atoms. The molecule has 0 spiro atoms. The van der Waals surface area contributed by atoms with Crippen molar-refractivity contribution in [2.24, 2.45) is 23.7 Å². The van der Waals surface area contributed by atoms with Crippen molar-refractivity contribution in [3.05, 3.63) is 80.3 Å². The zero-order chi connectivity index (χ0) is 49.1. The van der Waals surface area contributed by atoms with Gasteiger partial charge in [0.25, 0.3) is 0 Å². The first-order valence-electron chi connectivity index (χ1n) is 21.4. The van der Waals surface area contributed by atoms with Crippen molar-refractivity contribution >= 4 is 57.6 Å². The Balaban J connectivity index is 0.000000196. The Morgan fingerprint density at radius 3 is 1.14 bits per heavy atom. The molecule has 0 heterocycles. The summed E-state index contributed by atoms with van der Waals surface area (Å²) in [4.78, 5) is 84.8. The molecule has 2 unspecified atom stereocenters. The first kappa shape index (κ1) is 47.6. The average molecular weight is 913 g/mol. The number of nitrogens with zero attached hydrogens (tertiary/aromatic N) is 4. The second kappa shape index (κ2) is 16.2. The Hall–Kier alpha value is -6.34. The summed E-state index contributed by atoms with van der Waals surface area (Å²) in [6.45, 7) is 2.18. The van der Waals surface area contributed by atoms with E-state index in [1.165, 1.54) is 21.9 Å². The number of ketones is 6. The quantitative estimate of drug-likeness (QED) is 0.193. The predicted molar refractivity (Wildman–Crippen MR) is 240 cm³/mol. The van der Waals surface area contributed by atoms with Gasteiger partial charge in [0.1, 0.15) is 45.7 Å². The van der Waals surface area contributed by atoms with Gasteiger partial charge in [-0.15, -0.1) is 0 Å². The van der Waals surface area contributed by atoms with E-state index < -0.39 is 116 Å². The minimum Gasteiger partial charge on any atom is -0.508 e. The van der Waals surface area contributed by atoms with Crippen LogP contribution in [0.1, 0.15) is 48.9 Å². The lowest BCUT2D eigenvalue weighted by atomic mass is 9.57. The second-order valence-corrected chi connectivity index (χ2v) is 19.0. The van der Waals surface area contributed by atoms with E-state index in [9.17, 15) is 69.6 Å². The fourth-order valence-electron chi connectivity index (χ4n) is 11.5. The minimum atomic E-state index is -2.55. The van der Waals surface area contributed by atoms with Crippen LogP contribution in [0.5, 0.6) is 11.5 Å². The van der Waals surface area contributed by atoms with Crippen LogP contribution in [0.2, 0.25) is 0 Å². The average Bonchev–Trinajstić information content (AvgIpc) is 3.20. The van der Waals surface area contributed by atoms with Gasteiger partial charge in [0, 0.05) is 62.5 Å². The summed E-state index contributed by atoms with van der Waals surface area (Å²) < 4.78 is 0. The van der Waals surface area contributed by atoms with Gasteiger partial charge in [0.15, 0.2) is 34.3 Å². The summed E-state index contributed by atoms with van der Waals surface area (Å²) in [5, 5.41) is 88.2. The number of phenolic OH excluding ortho intramolecular Hbond substituents is 2. The number of rotatable bonds is 6. The number of phenols is 2. The summed E-state index contributed by atoms with van der Waals surface area (Å²) >= 11 is 0. The number of carbonyl (C=O) groups is 6. The van der Waals surface area contributed by atoms with Crippen LogP contribution in [0.25, 0.3) is 11.5 Å². The highest BCUT2D eigenvalue weighted by Crippen LogP contribution is 2.55. The number of hydrogen-bond donors (Lipinski definition) is 8. The first-order chi connectivity index (χ1) is 30.7. The van der Waals surface area contributed by atoms with E-state index in [0.29, 0.717) is 11.1 Å². The number of aliphatic hydroxyl groups excluding tert-OH is 4. The third kappa shape index (κ3) is 6.59. The number of likely N-dealkylation sites (N-methyl/N-ethyl adjacent to an activating group) is 2. The number of hydrogen-bond acceptors (Lipinski definition) is 18. The van der Waals surface area contributed by atoms with Gasteiger partial charge in [-0.2, -0.15) is 0 Å². The van der Waals surface area contributed by atoms with Crippen molar-refractivity contribution < 1.29 is 69.6 Å². The summed E-state index contributed by atoms with van der Waals surface area (Å²) in [6, 6.07) is 4.24. The molecular formula is C48H56N4O14. The fraction of sp³-hybridized carbons (Fsp3) is 0.458. The molecule has 0 amide bonds. The lowest BCUT2D eigenvalue weighted by Crippen LogP contribution is -2.65. The van der Waals surface area contributed by atoms with Gasteiger partial charge in [0.2, 0.25) is 11.6 Å². The molecule has 66 heavy (non-hydrogen) atoms. The highest BCUT2D eigenvalue weighted by Gasteiger charge is 2.65. The number of anilines is 2. The van der Waals surface area contributed by atoms with Crippen LogP contribution in [0.4, 0.5) is 11.4 Å². The van der Waals surface area contributed by atoms with E-state index in [2.05, 4.69) is 0 Å². The zero-order valence-electron chi connectivity index (χ0n) is 38.4. The van der Waals surface area contributed by atoms with Gasteiger partial charge in [-0.05, 0) is 115 Å². The van der Waals surface area contributed by atoms with Crippen LogP contribution < -0.4 is 9.80 Å². The monoisotopic (exact) mass is 912 g/mol. The Morgan fingerprint density at radius 1 is 0.545 bits per heavy atom. The normalized spacial score (nSPS) is 29.1. The zero-order valence-corrected chi connectivity index (χ0v) is 38.4. The molecule has 8 atom stereocenters. The van der Waals surface area contributed by atoms with E-state index >= 15 is 0 Å². The Labute approximate surface area is 380 Å². The number of fused-ring (bicyclic) bond motifs is 6. The number of carbonyl (C=O) groups excluding carboxylic acids is 6. The van der Waals surface area contributed by atoms with Crippen LogP contribution >= 0.6 is 0 Å². The van der Waals surface area contributed by atoms with Crippen molar-refractivity contribution in [1.29, 1.82) is 0 Å². The molecule has 2 aromatic rings. The third-order valence-electron chi connectivity index (χ3n) is 14.3. The molecule has 0 aromatic heterocycles. The van der Waals surface area contributed by atoms with Crippen molar-refractivity contribution in [2.45, 2.75) is 62.8 Å². The third-order valence-corrected chi connectivity index (χ3v) is 14.3. The number of aromatic hydroxyl groups is 2. The topological polar surface area (TPSA) is 277 Å². The maximum absolute atomic E-state index is 13.7. The highest BCUT2D eigenvalue weighted by atomic mass is 16.4. The van der Waals surface area contributed by atoms with Crippen LogP contribution in [-0.2, 0) is 41.6 Å². The van der Waals surface area contributed by atoms with Crippen molar-refractivity contribution in [3.63, 3.8) is 0 Å². The van der Waals surface area contributed by atoms with E-state index in [4.69, 9.17) is 0 Å². The maximum atomic E-state index is 13.7. The van der Waals surface area contributed by atoms with E-state index in [1.54, 1.807) is 40.3 Å². The van der Waals surface area contributed by atoms with Gasteiger partial charge in [-0.25, -0.2) is 0 Å². The lowest BCUT2D eigenvalue weighted by molar-refractivity contribution is -0.155. The van der Waals surface area contributed by atoms with E-state index in [-0.39, 0.29) is 59.5 Å². The largest absolute Gasteiger partial charge is 0.508 e. The van der Waals surface area contributed by atoms with Crippen LogP contribution in [0.3, 0.4) is 0 Å². The SMILES string of the molecule is CC(=O)C1=C(O)[C@@]2(O)C(=O)C3=C(O)c4c(O)ccc(N(C)C)c4CC3C[C@H]2[C@@H](N(C)C)C1=O.CC(=O)C1=C(O)[C@@]2(O)C(=O)C3=C(O)c4c(O)ccc(N(C)C)c4CC3C[C@H]2[C@H](N(C)C)C1=O. The molecule has 18 nitrogen and oxygen atoms in total. The van der Waals surface area contributed by atoms with Crippen LogP contribution in [-0.4, -0.2) is 165 Å². The minimum absolute atomic E-state index is 0.105. The molecule has 352 valence electrons. The highest BCUT2D eigenvalue weighted by molar-refractivity contribution is 6.26. The first-order valence-corrected chi connectivity index (χ1v) is 21.4. The standard InChI is InChI=1S/2C24H28N2O7/c2*1-10(27)16-21(30)19(26(4)5)13-9-11-8-12-14(25(2)3)6-7-15(28)18(12)20(29)17(11)23(32)24(13,33)22(16)31/h2*6-7,11,13,19,28-29,31,33H,8-9H2,1-5H3/t11?,13-,19+,24+;11?,13-,19-,24+/m00/s1. The molecule has 0 aliphatic heterocycles. The maximum Gasteiger partial charge on any atom is 0.202 e. The summed E-state index contributed by atoms with van der Waals surface area (Å²) in [5.41, 5.74) is -3.51. The Morgan fingerprint density at radius 2 is 0.864 bits per heavy atom. The number of Topliss-reactive ketones (excluding diaryl/α,β-unsaturated/α-hetero) is 6. The van der Waals surface area contributed by atoms with Crippen LogP contribution in [0, 0.1) is 23.7 Å². The smallest absolute Gasteiger partial charge is 0.202 e. The number of benzene rings is 2. The predicted octanol–water partition coefficient (Wildman–Crippen LogP) is 2.27. The van der Waals surface area contributed by atoms with Gasteiger partial charge < -0.3 is 50.7 Å². The fourth-order valence-corrected chi connectivity index (χ4v) is 11.5. The van der Waals surface area contributed by atoms with Gasteiger partial charge in [-0.1, -0.05) is 0 Å².